The van der Waals surface area contributed by atoms with E-state index in [0.717, 1.165) is 18.8 Å². The molecule has 25 heavy (non-hydrogen) atoms. The van der Waals surface area contributed by atoms with Gasteiger partial charge < -0.3 is 5.11 Å². The fourth-order valence-electron chi connectivity index (χ4n) is 8.23. The number of rotatable bonds is 2. The molecule has 0 aromatic carbocycles. The van der Waals surface area contributed by atoms with Crippen molar-refractivity contribution in [1.82, 2.24) is 0 Å². The van der Waals surface area contributed by atoms with Crippen molar-refractivity contribution < 1.29 is 9.32 Å². The molecule has 3 aliphatic rings. The molecule has 3 fully saturated rings. The molecule has 0 spiro atoms. The molecule has 0 saturated heterocycles. The van der Waals surface area contributed by atoms with Gasteiger partial charge in [-0.3, -0.25) is 4.21 Å². The highest BCUT2D eigenvalue weighted by Gasteiger charge is 2.67. The first-order chi connectivity index (χ1) is 11.4. The van der Waals surface area contributed by atoms with E-state index in [0.29, 0.717) is 28.4 Å². The Morgan fingerprint density at radius 3 is 2.32 bits per heavy atom. The summed E-state index contributed by atoms with van der Waals surface area (Å²) < 4.78 is 11.9. The summed E-state index contributed by atoms with van der Waals surface area (Å²) in [6.45, 7) is 14.4. The third kappa shape index (κ3) is 2.78. The first-order valence-corrected chi connectivity index (χ1v) is 12.1. The molecule has 0 aromatic heterocycles. The summed E-state index contributed by atoms with van der Waals surface area (Å²) in [5.74, 6) is 2.73. The van der Waals surface area contributed by atoms with Crippen LogP contribution in [0.15, 0.2) is 0 Å². The number of fused-ring (bicyclic) bond motifs is 3. The van der Waals surface area contributed by atoms with Crippen molar-refractivity contribution in [1.29, 1.82) is 0 Å². The minimum atomic E-state index is -0.846. The van der Waals surface area contributed by atoms with Crippen LogP contribution in [-0.4, -0.2) is 26.9 Å². The van der Waals surface area contributed by atoms with Gasteiger partial charge in [0, 0.05) is 22.8 Å². The normalized spacial score (nSPS) is 53.6. The molecule has 8 atom stereocenters. The zero-order chi connectivity index (χ0) is 18.8. The second kappa shape index (κ2) is 6.06. The van der Waals surface area contributed by atoms with Crippen molar-refractivity contribution >= 4 is 10.8 Å². The molecule has 2 nitrogen and oxygen atoms in total. The maximum Gasteiger partial charge on any atom is 0.0712 e. The Bertz CT molecular complexity index is 554. The molecular formula is C22H40O2S. The van der Waals surface area contributed by atoms with Crippen LogP contribution < -0.4 is 0 Å². The predicted octanol–water partition coefficient (Wildman–Crippen LogP) is 5.02. The van der Waals surface area contributed by atoms with Crippen LogP contribution in [-0.2, 0) is 10.8 Å². The SMILES string of the molecule is CC1CC(CS(C)=O)[C@](C)(O)[C@@]2(C)CC[C@@H]3C(C)(C)CCC[C@@]3(C)[C@H]12. The van der Waals surface area contributed by atoms with E-state index in [1.807, 2.05) is 0 Å². The molecule has 3 heteroatoms. The first kappa shape index (κ1) is 19.9. The van der Waals surface area contributed by atoms with Crippen LogP contribution in [0.1, 0.15) is 80.1 Å². The molecule has 0 amide bonds. The maximum atomic E-state index is 11.9. The lowest BCUT2D eigenvalue weighted by Gasteiger charge is -2.70. The number of hydrogen-bond donors (Lipinski definition) is 1. The van der Waals surface area contributed by atoms with Crippen LogP contribution in [0.3, 0.4) is 0 Å². The van der Waals surface area contributed by atoms with Crippen LogP contribution in [0, 0.1) is 39.9 Å². The summed E-state index contributed by atoms with van der Waals surface area (Å²) in [6, 6.07) is 0. The van der Waals surface area contributed by atoms with Crippen LogP contribution in [0.5, 0.6) is 0 Å². The average molecular weight is 369 g/mol. The molecule has 3 rings (SSSR count). The van der Waals surface area contributed by atoms with E-state index >= 15 is 0 Å². The highest BCUT2D eigenvalue weighted by atomic mass is 32.2. The molecule has 3 aliphatic carbocycles. The van der Waals surface area contributed by atoms with Gasteiger partial charge in [-0.1, -0.05) is 41.0 Å². The largest absolute Gasteiger partial charge is 0.389 e. The molecule has 0 heterocycles. The van der Waals surface area contributed by atoms with Crippen LogP contribution in [0.2, 0.25) is 0 Å². The second-order valence-corrected chi connectivity index (χ2v) is 12.6. The molecule has 3 saturated carbocycles. The fraction of sp³-hybridized carbons (Fsp3) is 1.00. The Hall–Kier alpha value is 0.110. The smallest absolute Gasteiger partial charge is 0.0712 e. The van der Waals surface area contributed by atoms with E-state index in [-0.39, 0.29) is 11.3 Å². The van der Waals surface area contributed by atoms with Gasteiger partial charge in [-0.25, -0.2) is 0 Å². The van der Waals surface area contributed by atoms with Crippen molar-refractivity contribution in [2.45, 2.75) is 85.7 Å². The average Bonchev–Trinajstić information content (AvgIpc) is 2.43. The van der Waals surface area contributed by atoms with E-state index < -0.39 is 16.4 Å². The van der Waals surface area contributed by atoms with E-state index in [2.05, 4.69) is 41.5 Å². The Labute approximate surface area is 158 Å². The van der Waals surface area contributed by atoms with Gasteiger partial charge in [-0.05, 0) is 78.9 Å². The highest BCUT2D eigenvalue weighted by molar-refractivity contribution is 7.84. The third-order valence-corrected chi connectivity index (χ3v) is 10.1. The molecule has 1 N–H and O–H groups in total. The van der Waals surface area contributed by atoms with E-state index in [4.69, 9.17) is 0 Å². The number of aliphatic hydroxyl groups is 1. The van der Waals surface area contributed by atoms with Gasteiger partial charge in [0.15, 0.2) is 0 Å². The Balaban J connectivity index is 2.04. The van der Waals surface area contributed by atoms with Crippen LogP contribution in [0.4, 0.5) is 0 Å². The van der Waals surface area contributed by atoms with Gasteiger partial charge in [0.25, 0.3) is 0 Å². The van der Waals surface area contributed by atoms with Crippen molar-refractivity contribution in [2.24, 2.45) is 39.9 Å². The summed E-state index contributed by atoms with van der Waals surface area (Å²) in [5.41, 5.74) is -0.0328. The minimum Gasteiger partial charge on any atom is -0.389 e. The Kier molecular flexibility index (Phi) is 4.81. The quantitative estimate of drug-likeness (QED) is 0.743. The topological polar surface area (TPSA) is 37.3 Å². The highest BCUT2D eigenvalue weighted by Crippen LogP contribution is 2.71. The molecule has 0 aliphatic heterocycles. The summed E-state index contributed by atoms with van der Waals surface area (Å²) in [5, 5.41) is 11.8. The lowest BCUT2D eigenvalue weighted by molar-refractivity contribution is -0.250. The zero-order valence-electron chi connectivity index (χ0n) is 17.5. The molecule has 0 bridgehead atoms. The lowest BCUT2D eigenvalue weighted by atomic mass is 9.36. The standard InChI is InChI=1S/C22H40O2S/c1-15-13-16(14-25(7)24)22(6,23)21(5)12-9-17-19(2,3)10-8-11-20(17,4)18(15)21/h15-18,23H,8-14H2,1-7H3/t15?,16?,17-,18+,20-,21+,22+,25?/m1/s1. The summed E-state index contributed by atoms with van der Waals surface area (Å²) in [7, 11) is -0.846. The molecular weight excluding hydrogens is 328 g/mol. The van der Waals surface area contributed by atoms with Gasteiger partial charge in [0.05, 0.1) is 5.60 Å². The predicted molar refractivity (Wildman–Crippen MR) is 107 cm³/mol. The van der Waals surface area contributed by atoms with E-state index in [9.17, 15) is 9.32 Å². The molecule has 146 valence electrons. The van der Waals surface area contributed by atoms with Crippen LogP contribution >= 0.6 is 0 Å². The molecule has 0 radical (unpaired) electrons. The van der Waals surface area contributed by atoms with Crippen molar-refractivity contribution in [3.63, 3.8) is 0 Å². The van der Waals surface area contributed by atoms with Gasteiger partial charge in [0.1, 0.15) is 0 Å². The third-order valence-electron chi connectivity index (χ3n) is 9.24. The van der Waals surface area contributed by atoms with Crippen molar-refractivity contribution in [3.8, 4) is 0 Å². The van der Waals surface area contributed by atoms with Gasteiger partial charge in [0.2, 0.25) is 0 Å². The van der Waals surface area contributed by atoms with Gasteiger partial charge in [-0.15, -0.1) is 0 Å². The number of hydrogen-bond acceptors (Lipinski definition) is 2. The van der Waals surface area contributed by atoms with Crippen molar-refractivity contribution in [3.05, 3.63) is 0 Å². The molecule has 3 unspecified atom stereocenters. The van der Waals surface area contributed by atoms with Gasteiger partial charge >= 0.3 is 0 Å². The minimum absolute atomic E-state index is 0.0621. The van der Waals surface area contributed by atoms with Gasteiger partial charge in [-0.2, -0.15) is 0 Å². The maximum absolute atomic E-state index is 11.9. The summed E-state index contributed by atoms with van der Waals surface area (Å²) in [6.07, 6.45) is 9.15. The molecule has 0 aromatic rings. The van der Waals surface area contributed by atoms with E-state index in [1.165, 1.54) is 25.7 Å². The Morgan fingerprint density at radius 2 is 1.72 bits per heavy atom. The van der Waals surface area contributed by atoms with Crippen molar-refractivity contribution in [2.75, 3.05) is 12.0 Å². The summed E-state index contributed by atoms with van der Waals surface area (Å²) in [4.78, 5) is 0. The van der Waals surface area contributed by atoms with Crippen LogP contribution in [0.25, 0.3) is 0 Å². The zero-order valence-corrected chi connectivity index (χ0v) is 18.3. The fourth-order valence-corrected chi connectivity index (χ4v) is 9.25. The lowest BCUT2D eigenvalue weighted by Crippen LogP contribution is -2.68. The van der Waals surface area contributed by atoms with E-state index in [1.54, 1.807) is 6.26 Å². The first-order valence-electron chi connectivity index (χ1n) is 10.4. The second-order valence-electron chi connectivity index (χ2n) is 11.1. The Morgan fingerprint density at radius 1 is 1.08 bits per heavy atom. The summed E-state index contributed by atoms with van der Waals surface area (Å²) >= 11 is 0. The monoisotopic (exact) mass is 368 g/mol.